The second-order valence-corrected chi connectivity index (χ2v) is 4.69. The van der Waals surface area contributed by atoms with Crippen LogP contribution in [0.25, 0.3) is 10.9 Å². The first-order chi connectivity index (χ1) is 9.78. The van der Waals surface area contributed by atoms with Crippen molar-refractivity contribution in [3.63, 3.8) is 0 Å². The summed E-state index contributed by atoms with van der Waals surface area (Å²) in [5.41, 5.74) is 3.71. The molecule has 0 atom stereocenters. The van der Waals surface area contributed by atoms with Crippen LogP contribution in [-0.2, 0) is 13.6 Å². The topological polar surface area (TPSA) is 53.6 Å². The molecule has 2 heterocycles. The lowest BCUT2D eigenvalue weighted by Gasteiger charge is -2.07. The lowest BCUT2D eigenvalue weighted by molar-refractivity contribution is 0.902. The van der Waals surface area contributed by atoms with Gasteiger partial charge in [0.25, 0.3) is 0 Å². The zero-order valence-electron chi connectivity index (χ0n) is 11.2. The molecule has 2 aromatic heterocycles. The van der Waals surface area contributed by atoms with Crippen LogP contribution in [0.15, 0.2) is 48.8 Å². The first-order valence-electron chi connectivity index (χ1n) is 6.41. The van der Waals surface area contributed by atoms with E-state index in [-0.39, 0.29) is 0 Å². The molecule has 0 saturated heterocycles. The van der Waals surface area contributed by atoms with Crippen LogP contribution in [-0.4, -0.2) is 9.55 Å². The van der Waals surface area contributed by atoms with Crippen molar-refractivity contribution in [2.24, 2.45) is 7.05 Å². The number of pyridine rings is 1. The highest BCUT2D eigenvalue weighted by molar-refractivity contribution is 5.90. The summed E-state index contributed by atoms with van der Waals surface area (Å²) in [4.78, 5) is 4.41. The molecule has 1 N–H and O–H groups in total. The minimum absolute atomic E-state index is 0.665. The molecule has 0 aliphatic rings. The predicted octanol–water partition coefficient (Wildman–Crippen LogP) is 3.06. The molecule has 4 nitrogen and oxygen atoms in total. The van der Waals surface area contributed by atoms with Gasteiger partial charge in [-0.05, 0) is 23.8 Å². The molecular weight excluding hydrogens is 248 g/mol. The summed E-state index contributed by atoms with van der Waals surface area (Å²) in [6, 6.07) is 14.1. The Balaban J connectivity index is 1.85. The Morgan fingerprint density at radius 1 is 1.30 bits per heavy atom. The van der Waals surface area contributed by atoms with Crippen molar-refractivity contribution in [3.8, 4) is 6.07 Å². The first-order valence-corrected chi connectivity index (χ1v) is 6.41. The number of nitriles is 1. The van der Waals surface area contributed by atoms with E-state index in [1.54, 1.807) is 6.20 Å². The summed E-state index contributed by atoms with van der Waals surface area (Å²) in [5.74, 6) is 0. The Labute approximate surface area is 117 Å². The summed E-state index contributed by atoms with van der Waals surface area (Å²) in [5, 5.41) is 13.5. The minimum atomic E-state index is 0.665. The SMILES string of the molecule is Cn1cc(CNc2cccc3cccnc23)cc1C#N. The van der Waals surface area contributed by atoms with Gasteiger partial charge in [-0.2, -0.15) is 5.26 Å². The van der Waals surface area contributed by atoms with Gasteiger partial charge in [0.05, 0.1) is 11.2 Å². The quantitative estimate of drug-likeness (QED) is 0.789. The van der Waals surface area contributed by atoms with Crippen LogP contribution in [0.3, 0.4) is 0 Å². The zero-order valence-corrected chi connectivity index (χ0v) is 11.2. The van der Waals surface area contributed by atoms with Crippen LogP contribution in [0, 0.1) is 11.3 Å². The third-order valence-corrected chi connectivity index (χ3v) is 3.29. The fraction of sp³-hybridized carbons (Fsp3) is 0.125. The number of benzene rings is 1. The minimum Gasteiger partial charge on any atom is -0.379 e. The van der Waals surface area contributed by atoms with Gasteiger partial charge in [0.15, 0.2) is 0 Å². The number of nitrogens with zero attached hydrogens (tertiary/aromatic N) is 3. The maximum atomic E-state index is 8.96. The monoisotopic (exact) mass is 262 g/mol. The van der Waals surface area contributed by atoms with Gasteiger partial charge in [0.1, 0.15) is 11.8 Å². The second kappa shape index (κ2) is 5.06. The number of aromatic nitrogens is 2. The molecular formula is C16H14N4. The average Bonchev–Trinajstić information content (AvgIpc) is 2.85. The van der Waals surface area contributed by atoms with Gasteiger partial charge < -0.3 is 9.88 Å². The molecule has 0 aliphatic carbocycles. The van der Waals surface area contributed by atoms with Gasteiger partial charge in [-0.3, -0.25) is 4.98 Å². The molecule has 20 heavy (non-hydrogen) atoms. The van der Waals surface area contributed by atoms with Crippen LogP contribution in [0.5, 0.6) is 0 Å². The Kier molecular flexibility index (Phi) is 3.10. The molecule has 3 aromatic rings. The molecule has 0 unspecified atom stereocenters. The Bertz CT molecular complexity index is 790. The fourth-order valence-electron chi connectivity index (χ4n) is 2.28. The standard InChI is InChI=1S/C16H14N4/c1-20-11-12(8-14(20)9-17)10-19-15-6-2-4-13-5-3-7-18-16(13)15/h2-8,11,19H,10H2,1H3. The van der Waals surface area contributed by atoms with Crippen LogP contribution < -0.4 is 5.32 Å². The zero-order chi connectivity index (χ0) is 13.9. The Morgan fingerprint density at radius 2 is 2.15 bits per heavy atom. The highest BCUT2D eigenvalue weighted by Crippen LogP contribution is 2.21. The van der Waals surface area contributed by atoms with E-state index >= 15 is 0 Å². The van der Waals surface area contributed by atoms with Gasteiger partial charge in [-0.15, -0.1) is 0 Å². The van der Waals surface area contributed by atoms with E-state index in [1.807, 2.05) is 54.2 Å². The average molecular weight is 262 g/mol. The van der Waals surface area contributed by atoms with E-state index in [0.29, 0.717) is 12.2 Å². The van der Waals surface area contributed by atoms with Crippen LogP contribution >= 0.6 is 0 Å². The number of hydrogen-bond donors (Lipinski definition) is 1. The van der Waals surface area contributed by atoms with Crippen molar-refractivity contribution in [3.05, 3.63) is 60.0 Å². The van der Waals surface area contributed by atoms with Crippen molar-refractivity contribution < 1.29 is 0 Å². The van der Waals surface area contributed by atoms with E-state index in [1.165, 1.54) is 0 Å². The summed E-state index contributed by atoms with van der Waals surface area (Å²) >= 11 is 0. The van der Waals surface area contributed by atoms with Gasteiger partial charge in [0.2, 0.25) is 0 Å². The third kappa shape index (κ3) is 2.21. The predicted molar refractivity (Wildman–Crippen MR) is 79.2 cm³/mol. The number of para-hydroxylation sites is 1. The van der Waals surface area contributed by atoms with Crippen molar-refractivity contribution in [1.82, 2.24) is 9.55 Å². The van der Waals surface area contributed by atoms with Crippen molar-refractivity contribution in [2.75, 3.05) is 5.32 Å². The number of nitrogens with one attached hydrogen (secondary N) is 1. The molecule has 1 aromatic carbocycles. The highest BCUT2D eigenvalue weighted by Gasteiger charge is 2.04. The van der Waals surface area contributed by atoms with E-state index in [4.69, 9.17) is 5.26 Å². The lowest BCUT2D eigenvalue weighted by Crippen LogP contribution is -1.99. The Morgan fingerprint density at radius 3 is 2.95 bits per heavy atom. The smallest absolute Gasteiger partial charge is 0.120 e. The molecule has 0 radical (unpaired) electrons. The van der Waals surface area contributed by atoms with Crippen LogP contribution in [0.4, 0.5) is 5.69 Å². The van der Waals surface area contributed by atoms with Gasteiger partial charge in [-0.1, -0.05) is 18.2 Å². The molecule has 0 amide bonds. The van der Waals surface area contributed by atoms with Gasteiger partial charge in [-0.25, -0.2) is 0 Å². The number of fused-ring (bicyclic) bond motifs is 1. The van der Waals surface area contributed by atoms with E-state index in [0.717, 1.165) is 22.2 Å². The number of anilines is 1. The number of hydrogen-bond acceptors (Lipinski definition) is 3. The van der Waals surface area contributed by atoms with E-state index < -0.39 is 0 Å². The van der Waals surface area contributed by atoms with Gasteiger partial charge in [0, 0.05) is 31.4 Å². The van der Waals surface area contributed by atoms with Crippen molar-refractivity contribution in [1.29, 1.82) is 5.26 Å². The fourth-order valence-corrected chi connectivity index (χ4v) is 2.28. The summed E-state index contributed by atoms with van der Waals surface area (Å²) in [7, 11) is 1.88. The van der Waals surface area contributed by atoms with Crippen LogP contribution in [0.1, 0.15) is 11.3 Å². The van der Waals surface area contributed by atoms with Gasteiger partial charge >= 0.3 is 0 Å². The van der Waals surface area contributed by atoms with E-state index in [9.17, 15) is 0 Å². The Hall–Kier alpha value is -2.80. The summed E-state index contributed by atoms with van der Waals surface area (Å²) < 4.78 is 1.83. The summed E-state index contributed by atoms with van der Waals surface area (Å²) in [6.07, 6.45) is 3.76. The van der Waals surface area contributed by atoms with Crippen molar-refractivity contribution in [2.45, 2.75) is 6.54 Å². The molecule has 0 spiro atoms. The first kappa shape index (κ1) is 12.2. The molecule has 4 heteroatoms. The molecule has 98 valence electrons. The van der Waals surface area contributed by atoms with E-state index in [2.05, 4.69) is 16.4 Å². The molecule has 0 aliphatic heterocycles. The van der Waals surface area contributed by atoms with Crippen molar-refractivity contribution >= 4 is 16.6 Å². The number of rotatable bonds is 3. The largest absolute Gasteiger partial charge is 0.379 e. The maximum absolute atomic E-state index is 8.96. The molecule has 3 rings (SSSR count). The maximum Gasteiger partial charge on any atom is 0.120 e. The molecule has 0 fully saturated rings. The lowest BCUT2D eigenvalue weighted by atomic mass is 10.2. The number of aryl methyl sites for hydroxylation is 1. The normalized spacial score (nSPS) is 10.4. The second-order valence-electron chi connectivity index (χ2n) is 4.69. The summed E-state index contributed by atoms with van der Waals surface area (Å²) in [6.45, 7) is 0.672. The molecule has 0 bridgehead atoms. The highest BCUT2D eigenvalue weighted by atomic mass is 14.9. The van der Waals surface area contributed by atoms with Crippen LogP contribution in [0.2, 0.25) is 0 Å². The third-order valence-electron chi connectivity index (χ3n) is 3.29. The molecule has 0 saturated carbocycles.